The summed E-state index contributed by atoms with van der Waals surface area (Å²) in [5.41, 5.74) is 6.62. The molecule has 0 fully saturated rings. The van der Waals surface area contributed by atoms with Crippen molar-refractivity contribution in [3.05, 3.63) is 23.5 Å². The first kappa shape index (κ1) is 9.51. The Morgan fingerprint density at radius 3 is 3.00 bits per heavy atom. The van der Waals surface area contributed by atoms with Crippen molar-refractivity contribution in [3.8, 4) is 0 Å². The highest BCUT2D eigenvalue weighted by Gasteiger charge is 2.16. The third kappa shape index (κ3) is 1.61. The Morgan fingerprint density at radius 1 is 1.57 bits per heavy atom. The van der Waals surface area contributed by atoms with E-state index in [1.165, 1.54) is 11.3 Å². The monoisotopic (exact) mass is 209 g/mol. The summed E-state index contributed by atoms with van der Waals surface area (Å²) in [6.45, 7) is 1.66. The third-order valence-corrected chi connectivity index (χ3v) is 3.15. The Hall–Kier alpha value is -1.04. The molecule has 0 aliphatic heterocycles. The van der Waals surface area contributed by atoms with Gasteiger partial charge in [-0.25, -0.2) is 4.98 Å². The zero-order valence-electron chi connectivity index (χ0n) is 7.71. The lowest BCUT2D eigenvalue weighted by atomic mass is 10.2. The molecular formula is C9H11N3OS. The second-order valence-corrected chi connectivity index (χ2v) is 4.22. The molecule has 0 amide bonds. The topological polar surface area (TPSA) is 72.0 Å². The van der Waals surface area contributed by atoms with E-state index in [4.69, 9.17) is 5.73 Å². The van der Waals surface area contributed by atoms with Gasteiger partial charge in [-0.2, -0.15) is 0 Å². The van der Waals surface area contributed by atoms with Crippen LogP contribution < -0.4 is 5.73 Å². The molecule has 0 saturated carbocycles. The summed E-state index contributed by atoms with van der Waals surface area (Å²) in [4.78, 5) is 8.28. The molecule has 2 aromatic rings. The highest BCUT2D eigenvalue weighted by molar-refractivity contribution is 7.18. The quantitative estimate of drug-likeness (QED) is 0.776. The Labute approximate surface area is 85.4 Å². The molecule has 5 heteroatoms. The molecule has 74 valence electrons. The van der Waals surface area contributed by atoms with Crippen molar-refractivity contribution < 1.29 is 5.11 Å². The Kier molecular flexibility index (Phi) is 2.45. The average Bonchev–Trinajstić information content (AvgIpc) is 2.59. The lowest BCUT2D eigenvalue weighted by Crippen LogP contribution is -2.22. The fourth-order valence-electron chi connectivity index (χ4n) is 1.15. The minimum atomic E-state index is -0.580. The van der Waals surface area contributed by atoms with Gasteiger partial charge in [-0.1, -0.05) is 0 Å². The van der Waals surface area contributed by atoms with Gasteiger partial charge in [0.05, 0.1) is 28.6 Å². The van der Waals surface area contributed by atoms with Gasteiger partial charge in [0.2, 0.25) is 0 Å². The molecule has 2 unspecified atom stereocenters. The predicted octanol–water partition coefficient (Wildman–Crippen LogP) is 1.07. The number of aromatic nitrogens is 2. The van der Waals surface area contributed by atoms with Crippen molar-refractivity contribution >= 4 is 21.6 Å². The summed E-state index contributed by atoms with van der Waals surface area (Å²) < 4.78 is 1.05. The molecule has 4 nitrogen and oxygen atoms in total. The molecule has 0 radical (unpaired) electrons. The summed E-state index contributed by atoms with van der Waals surface area (Å²) in [7, 11) is 0. The van der Waals surface area contributed by atoms with Crippen LogP contribution in [0.25, 0.3) is 10.2 Å². The van der Waals surface area contributed by atoms with E-state index >= 15 is 0 Å². The van der Waals surface area contributed by atoms with Crippen molar-refractivity contribution in [2.75, 3.05) is 0 Å². The van der Waals surface area contributed by atoms with Crippen molar-refractivity contribution in [2.24, 2.45) is 5.73 Å². The van der Waals surface area contributed by atoms with E-state index in [0.29, 0.717) is 0 Å². The smallest absolute Gasteiger partial charge is 0.113 e. The van der Waals surface area contributed by atoms with Crippen LogP contribution in [0.5, 0.6) is 0 Å². The van der Waals surface area contributed by atoms with Crippen LogP contribution in [0.15, 0.2) is 18.5 Å². The number of rotatable bonds is 2. The van der Waals surface area contributed by atoms with Gasteiger partial charge in [0.1, 0.15) is 5.01 Å². The molecule has 2 atom stereocenters. The maximum absolute atomic E-state index is 9.33. The molecule has 14 heavy (non-hydrogen) atoms. The van der Waals surface area contributed by atoms with Crippen LogP contribution in [0.1, 0.15) is 18.0 Å². The number of fused-ring (bicyclic) bond motifs is 1. The summed E-state index contributed by atoms with van der Waals surface area (Å²) in [6, 6.07) is 1.48. The van der Waals surface area contributed by atoms with Crippen molar-refractivity contribution in [1.29, 1.82) is 0 Å². The van der Waals surface area contributed by atoms with Crippen LogP contribution in [-0.2, 0) is 0 Å². The second-order valence-electron chi connectivity index (χ2n) is 3.16. The molecule has 0 aliphatic rings. The number of nitrogens with zero attached hydrogens (tertiary/aromatic N) is 2. The SMILES string of the molecule is CC(O)C(N)c1nc2cnccc2s1. The zero-order valence-corrected chi connectivity index (χ0v) is 8.53. The zero-order chi connectivity index (χ0) is 10.1. The molecular weight excluding hydrogens is 198 g/mol. The fourth-order valence-corrected chi connectivity index (χ4v) is 2.18. The largest absolute Gasteiger partial charge is 0.391 e. The van der Waals surface area contributed by atoms with Crippen LogP contribution in [-0.4, -0.2) is 21.2 Å². The summed E-state index contributed by atoms with van der Waals surface area (Å²) >= 11 is 1.50. The third-order valence-electron chi connectivity index (χ3n) is 2.01. The number of pyridine rings is 1. The van der Waals surface area contributed by atoms with Crippen LogP contribution in [0.3, 0.4) is 0 Å². The Bertz CT molecular complexity index is 407. The summed E-state index contributed by atoms with van der Waals surface area (Å²) in [5, 5.41) is 10.1. The van der Waals surface area contributed by atoms with E-state index in [1.807, 2.05) is 6.07 Å². The van der Waals surface area contributed by atoms with E-state index in [-0.39, 0.29) is 0 Å². The lowest BCUT2D eigenvalue weighted by Gasteiger charge is -2.10. The van der Waals surface area contributed by atoms with Gasteiger partial charge in [-0.05, 0) is 13.0 Å². The van der Waals surface area contributed by atoms with Crippen LogP contribution in [0, 0.1) is 0 Å². The van der Waals surface area contributed by atoms with Gasteiger partial charge in [-0.15, -0.1) is 11.3 Å². The van der Waals surface area contributed by atoms with Gasteiger partial charge in [0.15, 0.2) is 0 Å². The fraction of sp³-hybridized carbons (Fsp3) is 0.333. The van der Waals surface area contributed by atoms with E-state index in [2.05, 4.69) is 9.97 Å². The molecule has 2 rings (SSSR count). The minimum absolute atomic E-state index is 0.410. The number of hydrogen-bond acceptors (Lipinski definition) is 5. The number of thiazole rings is 1. The Morgan fingerprint density at radius 2 is 2.36 bits per heavy atom. The maximum Gasteiger partial charge on any atom is 0.113 e. The minimum Gasteiger partial charge on any atom is -0.391 e. The van der Waals surface area contributed by atoms with Crippen LogP contribution >= 0.6 is 11.3 Å². The van der Waals surface area contributed by atoms with Gasteiger partial charge in [0.25, 0.3) is 0 Å². The summed E-state index contributed by atoms with van der Waals surface area (Å²) in [6.07, 6.45) is 2.84. The van der Waals surface area contributed by atoms with Gasteiger partial charge in [-0.3, -0.25) is 4.98 Å². The molecule has 0 saturated heterocycles. The predicted molar refractivity (Wildman–Crippen MR) is 56.0 cm³/mol. The molecule has 2 aromatic heterocycles. The molecule has 2 heterocycles. The molecule has 0 aliphatic carbocycles. The first-order chi connectivity index (χ1) is 6.68. The number of nitrogens with two attached hydrogens (primary N) is 1. The van der Waals surface area contributed by atoms with E-state index < -0.39 is 12.1 Å². The lowest BCUT2D eigenvalue weighted by molar-refractivity contribution is 0.164. The maximum atomic E-state index is 9.33. The Balaban J connectivity index is 2.45. The standard InChI is InChI=1S/C9H11N3OS/c1-5(13)8(10)9-12-6-4-11-3-2-7(6)14-9/h2-5,8,13H,10H2,1H3. The van der Waals surface area contributed by atoms with E-state index in [9.17, 15) is 5.11 Å². The average molecular weight is 209 g/mol. The molecule has 0 spiro atoms. The van der Waals surface area contributed by atoms with Gasteiger partial charge < -0.3 is 10.8 Å². The van der Waals surface area contributed by atoms with Gasteiger partial charge in [0, 0.05) is 6.20 Å². The highest BCUT2D eigenvalue weighted by Crippen LogP contribution is 2.25. The highest BCUT2D eigenvalue weighted by atomic mass is 32.1. The molecule has 0 aromatic carbocycles. The van der Waals surface area contributed by atoms with E-state index in [0.717, 1.165) is 15.2 Å². The number of aliphatic hydroxyl groups excluding tert-OH is 1. The van der Waals surface area contributed by atoms with Crippen molar-refractivity contribution in [3.63, 3.8) is 0 Å². The van der Waals surface area contributed by atoms with Crippen LogP contribution in [0.4, 0.5) is 0 Å². The second kappa shape index (κ2) is 3.61. The van der Waals surface area contributed by atoms with E-state index in [1.54, 1.807) is 19.3 Å². The van der Waals surface area contributed by atoms with Gasteiger partial charge >= 0.3 is 0 Å². The number of hydrogen-bond donors (Lipinski definition) is 2. The first-order valence-corrected chi connectivity index (χ1v) is 5.14. The van der Waals surface area contributed by atoms with Crippen LogP contribution in [0.2, 0.25) is 0 Å². The normalized spacial score (nSPS) is 15.6. The molecule has 0 bridgehead atoms. The van der Waals surface area contributed by atoms with Crippen molar-refractivity contribution in [2.45, 2.75) is 19.1 Å². The van der Waals surface area contributed by atoms with Crippen molar-refractivity contribution in [1.82, 2.24) is 9.97 Å². The molecule has 3 N–H and O–H groups in total. The summed E-state index contributed by atoms with van der Waals surface area (Å²) in [5.74, 6) is 0. The number of aliphatic hydroxyl groups is 1. The first-order valence-electron chi connectivity index (χ1n) is 4.32.